The van der Waals surface area contributed by atoms with Crippen molar-refractivity contribution in [2.75, 3.05) is 31.1 Å². The number of hydrogen-bond donors (Lipinski definition) is 1. The number of rotatable bonds is 8. The molecule has 0 unspecified atom stereocenters. The third-order valence-electron chi connectivity index (χ3n) is 5.21. The summed E-state index contributed by atoms with van der Waals surface area (Å²) in [5.74, 6) is -0.144. The Hall–Kier alpha value is -1.89. The summed E-state index contributed by atoms with van der Waals surface area (Å²) in [7, 11) is 0. The van der Waals surface area contributed by atoms with Gasteiger partial charge >= 0.3 is 0 Å². The molecular weight excluding hydrogens is 394 g/mol. The molecule has 1 atom stereocenters. The third-order valence-corrected chi connectivity index (χ3v) is 6.14. The van der Waals surface area contributed by atoms with E-state index in [1.54, 1.807) is 34.4 Å². The lowest BCUT2D eigenvalue weighted by molar-refractivity contribution is -0.117. The van der Waals surface area contributed by atoms with Gasteiger partial charge in [-0.25, -0.2) is 0 Å². The van der Waals surface area contributed by atoms with Crippen LogP contribution in [0.3, 0.4) is 0 Å². The number of halogens is 1. The standard InChI is InChI=1S/C21H26ClN3O2S/c1-3-24(4-2)19(15-9-11-28-14-15)13-23-21(27)17-8-7-16(22)12-18(17)25-10-5-6-20(25)26/h7-9,11-12,14,19H,3-6,10,13H2,1-2H3,(H,23,27)/t19-/m0/s1. The van der Waals surface area contributed by atoms with Gasteiger partial charge in [0.1, 0.15) is 0 Å². The highest BCUT2D eigenvalue weighted by Gasteiger charge is 2.27. The SMILES string of the molecule is CCN(CC)[C@@H](CNC(=O)c1ccc(Cl)cc1N1CCCC1=O)c1ccsc1. The summed E-state index contributed by atoms with van der Waals surface area (Å²) in [5, 5.41) is 7.79. The molecule has 150 valence electrons. The number of amides is 2. The predicted octanol–water partition coefficient (Wildman–Crippen LogP) is 4.34. The smallest absolute Gasteiger partial charge is 0.253 e. The molecule has 0 saturated carbocycles. The van der Waals surface area contributed by atoms with E-state index in [1.165, 1.54) is 5.56 Å². The number of likely N-dealkylation sites (N-methyl/N-ethyl adjacent to an activating group) is 1. The molecular formula is C21H26ClN3O2S. The normalized spacial score (nSPS) is 15.3. The van der Waals surface area contributed by atoms with Crippen LogP contribution < -0.4 is 10.2 Å². The van der Waals surface area contributed by atoms with Crippen molar-refractivity contribution < 1.29 is 9.59 Å². The van der Waals surface area contributed by atoms with E-state index in [2.05, 4.69) is 40.9 Å². The average Bonchev–Trinajstić information content (AvgIpc) is 3.36. The van der Waals surface area contributed by atoms with E-state index in [0.29, 0.717) is 35.8 Å². The molecule has 1 aromatic carbocycles. The minimum absolute atomic E-state index is 0.0376. The van der Waals surface area contributed by atoms with Gasteiger partial charge in [-0.1, -0.05) is 25.4 Å². The van der Waals surface area contributed by atoms with Gasteiger partial charge in [-0.05, 0) is 60.1 Å². The highest BCUT2D eigenvalue weighted by Crippen LogP contribution is 2.29. The molecule has 2 amide bonds. The first-order valence-corrected chi connectivity index (χ1v) is 11.0. The Labute approximate surface area is 175 Å². The second kappa shape index (κ2) is 9.54. The van der Waals surface area contributed by atoms with Gasteiger partial charge in [-0.3, -0.25) is 14.5 Å². The maximum atomic E-state index is 13.0. The number of hydrogen-bond acceptors (Lipinski definition) is 4. The first-order valence-electron chi connectivity index (χ1n) is 9.69. The average molecular weight is 420 g/mol. The van der Waals surface area contributed by atoms with Gasteiger partial charge in [-0.15, -0.1) is 0 Å². The molecule has 0 bridgehead atoms. The molecule has 1 fully saturated rings. The van der Waals surface area contributed by atoms with Crippen LogP contribution in [0.1, 0.15) is 48.7 Å². The maximum absolute atomic E-state index is 13.0. The summed E-state index contributed by atoms with van der Waals surface area (Å²) >= 11 is 7.81. The molecule has 0 spiro atoms. The number of nitrogens with zero attached hydrogens (tertiary/aromatic N) is 2. The number of anilines is 1. The van der Waals surface area contributed by atoms with Gasteiger partial charge in [0.15, 0.2) is 0 Å². The Balaban J connectivity index is 1.79. The lowest BCUT2D eigenvalue weighted by Gasteiger charge is -2.29. The summed E-state index contributed by atoms with van der Waals surface area (Å²) in [4.78, 5) is 29.2. The van der Waals surface area contributed by atoms with Crippen LogP contribution in [-0.4, -0.2) is 42.9 Å². The summed E-state index contributed by atoms with van der Waals surface area (Å²) in [6.07, 6.45) is 1.31. The highest BCUT2D eigenvalue weighted by atomic mass is 35.5. The van der Waals surface area contributed by atoms with Crippen LogP contribution in [0.5, 0.6) is 0 Å². The zero-order valence-electron chi connectivity index (χ0n) is 16.3. The first kappa shape index (κ1) is 20.8. The topological polar surface area (TPSA) is 52.7 Å². The minimum atomic E-state index is -0.182. The largest absolute Gasteiger partial charge is 0.350 e. The number of thiophene rings is 1. The van der Waals surface area contributed by atoms with Crippen LogP contribution >= 0.6 is 22.9 Å². The van der Waals surface area contributed by atoms with Gasteiger partial charge in [0.25, 0.3) is 5.91 Å². The fourth-order valence-corrected chi connectivity index (χ4v) is 4.57. The van der Waals surface area contributed by atoms with Crippen molar-refractivity contribution >= 4 is 40.4 Å². The van der Waals surface area contributed by atoms with Gasteiger partial charge in [0.2, 0.25) is 5.91 Å². The van der Waals surface area contributed by atoms with E-state index in [9.17, 15) is 9.59 Å². The van der Waals surface area contributed by atoms with Crippen LogP contribution in [0, 0.1) is 0 Å². The van der Waals surface area contributed by atoms with E-state index >= 15 is 0 Å². The molecule has 7 heteroatoms. The summed E-state index contributed by atoms with van der Waals surface area (Å²) < 4.78 is 0. The second-order valence-corrected chi connectivity index (χ2v) is 8.03. The molecule has 2 aromatic rings. The highest BCUT2D eigenvalue weighted by molar-refractivity contribution is 7.08. The molecule has 1 aromatic heterocycles. The maximum Gasteiger partial charge on any atom is 0.253 e. The van der Waals surface area contributed by atoms with Crippen LogP contribution in [0.4, 0.5) is 5.69 Å². The van der Waals surface area contributed by atoms with E-state index in [1.807, 2.05) is 0 Å². The van der Waals surface area contributed by atoms with E-state index in [4.69, 9.17) is 11.6 Å². The van der Waals surface area contributed by atoms with Crippen molar-refractivity contribution in [3.63, 3.8) is 0 Å². The summed E-state index contributed by atoms with van der Waals surface area (Å²) in [5.41, 5.74) is 2.30. The molecule has 1 saturated heterocycles. The Morgan fingerprint density at radius 2 is 2.11 bits per heavy atom. The van der Waals surface area contributed by atoms with Gasteiger partial charge < -0.3 is 10.2 Å². The lowest BCUT2D eigenvalue weighted by atomic mass is 10.1. The Bertz CT molecular complexity index is 821. The number of benzene rings is 1. The molecule has 1 N–H and O–H groups in total. The predicted molar refractivity (Wildman–Crippen MR) is 115 cm³/mol. The molecule has 28 heavy (non-hydrogen) atoms. The van der Waals surface area contributed by atoms with Crippen LogP contribution in [0.25, 0.3) is 0 Å². The zero-order valence-corrected chi connectivity index (χ0v) is 17.9. The Morgan fingerprint density at radius 1 is 1.32 bits per heavy atom. The van der Waals surface area contributed by atoms with Crippen molar-refractivity contribution in [1.82, 2.24) is 10.2 Å². The summed E-state index contributed by atoms with van der Waals surface area (Å²) in [6, 6.07) is 7.34. The van der Waals surface area contributed by atoms with Crippen molar-refractivity contribution in [3.05, 3.63) is 51.2 Å². The Morgan fingerprint density at radius 3 is 2.71 bits per heavy atom. The molecule has 1 aliphatic heterocycles. The van der Waals surface area contributed by atoms with Crippen LogP contribution in [-0.2, 0) is 4.79 Å². The first-order chi connectivity index (χ1) is 13.5. The van der Waals surface area contributed by atoms with Crippen molar-refractivity contribution in [2.45, 2.75) is 32.7 Å². The lowest BCUT2D eigenvalue weighted by Crippen LogP contribution is -2.38. The monoisotopic (exact) mass is 419 g/mol. The molecule has 3 rings (SSSR count). The zero-order chi connectivity index (χ0) is 20.1. The molecule has 1 aliphatic rings. The van der Waals surface area contributed by atoms with Crippen molar-refractivity contribution in [1.29, 1.82) is 0 Å². The molecule has 5 nitrogen and oxygen atoms in total. The molecule has 0 aliphatic carbocycles. The van der Waals surface area contributed by atoms with Gasteiger partial charge in [-0.2, -0.15) is 11.3 Å². The quantitative estimate of drug-likeness (QED) is 0.692. The van der Waals surface area contributed by atoms with E-state index in [-0.39, 0.29) is 17.9 Å². The van der Waals surface area contributed by atoms with Gasteiger partial charge in [0, 0.05) is 24.5 Å². The molecule has 2 heterocycles. The minimum Gasteiger partial charge on any atom is -0.350 e. The van der Waals surface area contributed by atoms with E-state index < -0.39 is 0 Å². The molecule has 0 radical (unpaired) electrons. The fraction of sp³-hybridized carbons (Fsp3) is 0.429. The van der Waals surface area contributed by atoms with Crippen molar-refractivity contribution in [2.24, 2.45) is 0 Å². The van der Waals surface area contributed by atoms with Crippen LogP contribution in [0.15, 0.2) is 35.0 Å². The Kier molecular flexibility index (Phi) is 7.10. The number of carbonyl (C=O) groups is 2. The summed E-state index contributed by atoms with van der Waals surface area (Å²) in [6.45, 7) is 7.19. The number of carbonyl (C=O) groups excluding carboxylic acids is 2. The van der Waals surface area contributed by atoms with Gasteiger partial charge in [0.05, 0.1) is 17.3 Å². The second-order valence-electron chi connectivity index (χ2n) is 6.81. The van der Waals surface area contributed by atoms with Crippen molar-refractivity contribution in [3.8, 4) is 0 Å². The van der Waals surface area contributed by atoms with Crippen LogP contribution in [0.2, 0.25) is 5.02 Å². The van der Waals surface area contributed by atoms with E-state index in [0.717, 1.165) is 19.5 Å². The number of nitrogens with one attached hydrogen (secondary N) is 1. The third kappa shape index (κ3) is 4.57. The fourth-order valence-electron chi connectivity index (χ4n) is 3.69.